The first-order valence-electron chi connectivity index (χ1n) is 11.7. The van der Waals surface area contributed by atoms with Crippen LogP contribution in [0.15, 0.2) is 42.5 Å². The van der Waals surface area contributed by atoms with Crippen LogP contribution < -0.4 is 10.6 Å². The Balaban J connectivity index is 1.30. The molecule has 0 bridgehead atoms. The minimum Gasteiger partial charge on any atom is -0.353 e. The number of nitrogens with one attached hydrogen (secondary N) is 2. The molecule has 0 radical (unpaired) electrons. The van der Waals surface area contributed by atoms with Crippen LogP contribution in [0.25, 0.3) is 6.08 Å². The van der Waals surface area contributed by atoms with Gasteiger partial charge in [0, 0.05) is 24.9 Å². The van der Waals surface area contributed by atoms with Crippen molar-refractivity contribution in [2.75, 3.05) is 31.5 Å². The summed E-state index contributed by atoms with van der Waals surface area (Å²) in [5.41, 5.74) is 1.32. The maximum atomic E-state index is 13.3. The zero-order valence-corrected chi connectivity index (χ0v) is 21.6. The molecule has 1 aliphatic rings. The van der Waals surface area contributed by atoms with Crippen LogP contribution >= 0.6 is 34.8 Å². The largest absolute Gasteiger partial charge is 0.353 e. The lowest BCUT2D eigenvalue weighted by molar-refractivity contribution is -0.121. The van der Waals surface area contributed by atoms with Gasteiger partial charge >= 0.3 is 0 Å². The van der Waals surface area contributed by atoms with Crippen LogP contribution in [0.4, 0.5) is 10.1 Å². The Hall–Kier alpha value is -2.12. The van der Waals surface area contributed by atoms with Crippen molar-refractivity contribution < 1.29 is 14.0 Å². The summed E-state index contributed by atoms with van der Waals surface area (Å²) < 4.78 is 13.3. The molecule has 3 rings (SSSR count). The third-order valence-corrected chi connectivity index (χ3v) is 6.91. The van der Waals surface area contributed by atoms with Gasteiger partial charge in [0.05, 0.1) is 21.0 Å². The van der Waals surface area contributed by atoms with Gasteiger partial charge in [-0.25, -0.2) is 4.39 Å². The zero-order valence-electron chi connectivity index (χ0n) is 19.3. The molecule has 1 fully saturated rings. The van der Waals surface area contributed by atoms with Gasteiger partial charge < -0.3 is 15.5 Å². The second kappa shape index (κ2) is 13.8. The third kappa shape index (κ3) is 9.12. The van der Waals surface area contributed by atoms with Gasteiger partial charge in [0.1, 0.15) is 5.82 Å². The smallest absolute Gasteiger partial charge is 0.243 e. The van der Waals surface area contributed by atoms with Gasteiger partial charge in [-0.1, -0.05) is 47.3 Å². The Morgan fingerprint density at radius 1 is 1.03 bits per heavy atom. The number of hydrogen-bond acceptors (Lipinski definition) is 3. The van der Waals surface area contributed by atoms with Crippen molar-refractivity contribution in [1.82, 2.24) is 10.2 Å². The van der Waals surface area contributed by atoms with Crippen LogP contribution in [0.1, 0.15) is 37.7 Å². The van der Waals surface area contributed by atoms with Crippen molar-refractivity contribution in [2.45, 2.75) is 32.1 Å². The molecule has 2 N–H and O–H groups in total. The molecule has 188 valence electrons. The van der Waals surface area contributed by atoms with Crippen LogP contribution in [0, 0.1) is 11.7 Å². The molecule has 0 spiro atoms. The van der Waals surface area contributed by atoms with Gasteiger partial charge in [0.25, 0.3) is 0 Å². The Labute approximate surface area is 220 Å². The van der Waals surface area contributed by atoms with Crippen molar-refractivity contribution in [1.29, 1.82) is 0 Å². The third-order valence-electron chi connectivity index (χ3n) is 5.88. The van der Waals surface area contributed by atoms with Crippen LogP contribution in [0.5, 0.6) is 0 Å². The number of carbonyl (C=O) groups excluding carboxylic acids is 2. The van der Waals surface area contributed by atoms with E-state index in [9.17, 15) is 14.0 Å². The van der Waals surface area contributed by atoms with E-state index in [1.54, 1.807) is 24.3 Å². The van der Waals surface area contributed by atoms with Gasteiger partial charge in [0.15, 0.2) is 0 Å². The van der Waals surface area contributed by atoms with E-state index in [1.807, 2.05) is 0 Å². The number of likely N-dealkylation sites (tertiary alicyclic amines) is 1. The average Bonchev–Trinajstić information content (AvgIpc) is 2.84. The molecule has 2 amide bonds. The summed E-state index contributed by atoms with van der Waals surface area (Å²) in [5, 5.41) is 6.65. The summed E-state index contributed by atoms with van der Waals surface area (Å²) in [5.74, 6) is -0.820. The van der Waals surface area contributed by atoms with Crippen molar-refractivity contribution in [3.05, 3.63) is 68.9 Å². The number of hydrogen-bond donors (Lipinski definition) is 2. The maximum Gasteiger partial charge on any atom is 0.243 e. The molecule has 2 aromatic rings. The van der Waals surface area contributed by atoms with Crippen molar-refractivity contribution >= 4 is 58.4 Å². The maximum absolute atomic E-state index is 13.3. The topological polar surface area (TPSA) is 61.4 Å². The first-order chi connectivity index (χ1) is 16.8. The standard InChI is InChI=1S/C26H29Cl3FN3O2/c27-21-9-6-18(15-22(21)28)7-11-25(34)31-12-2-1-3-13-33-14-4-5-19(17-33)26(35)32-20-8-10-24(30)23(29)16-20/h6-11,15-16,19H,1-5,12-14,17H2,(H,31,34)(H,32,35)/b11-7+. The number of piperidine rings is 1. The number of nitrogens with zero attached hydrogens (tertiary/aromatic N) is 1. The lowest BCUT2D eigenvalue weighted by Gasteiger charge is -2.32. The van der Waals surface area contributed by atoms with E-state index in [0.717, 1.165) is 50.8 Å². The molecule has 1 atom stereocenters. The fourth-order valence-electron chi connectivity index (χ4n) is 3.99. The normalized spacial score (nSPS) is 16.4. The molecule has 1 saturated heterocycles. The fraction of sp³-hybridized carbons (Fsp3) is 0.385. The molecule has 5 nitrogen and oxygen atoms in total. The minimum atomic E-state index is -0.507. The van der Waals surface area contributed by atoms with E-state index in [0.29, 0.717) is 28.8 Å². The Kier molecular flexibility index (Phi) is 10.9. The SMILES string of the molecule is O=C(/C=C/c1ccc(Cl)c(Cl)c1)NCCCCCN1CCCC(C(=O)Nc2ccc(F)c(Cl)c2)C1. The van der Waals surface area contributed by atoms with Crippen LogP contribution in [-0.4, -0.2) is 42.9 Å². The second-order valence-corrected chi connectivity index (χ2v) is 9.84. The van der Waals surface area contributed by atoms with E-state index in [4.69, 9.17) is 34.8 Å². The van der Waals surface area contributed by atoms with Gasteiger partial charge in [0.2, 0.25) is 11.8 Å². The number of anilines is 1. The molecule has 1 heterocycles. The number of carbonyl (C=O) groups is 2. The summed E-state index contributed by atoms with van der Waals surface area (Å²) in [6.45, 7) is 3.20. The average molecular weight is 541 g/mol. The van der Waals surface area contributed by atoms with Crippen molar-refractivity contribution in [3.63, 3.8) is 0 Å². The molecular formula is C26H29Cl3FN3O2. The minimum absolute atomic E-state index is 0.00764. The number of halogens is 4. The molecule has 2 aromatic carbocycles. The molecule has 9 heteroatoms. The van der Waals surface area contributed by atoms with E-state index in [-0.39, 0.29) is 22.8 Å². The molecule has 0 aromatic heterocycles. The fourth-order valence-corrected chi connectivity index (χ4v) is 4.47. The summed E-state index contributed by atoms with van der Waals surface area (Å²) in [6.07, 6.45) is 7.84. The van der Waals surface area contributed by atoms with E-state index >= 15 is 0 Å². The van der Waals surface area contributed by atoms with E-state index < -0.39 is 5.82 Å². The van der Waals surface area contributed by atoms with Crippen LogP contribution in [0.3, 0.4) is 0 Å². The highest BCUT2D eigenvalue weighted by Crippen LogP contribution is 2.24. The Morgan fingerprint density at radius 3 is 2.63 bits per heavy atom. The lowest BCUT2D eigenvalue weighted by Crippen LogP contribution is -2.41. The monoisotopic (exact) mass is 539 g/mol. The first kappa shape index (κ1) is 27.5. The molecular weight excluding hydrogens is 512 g/mol. The highest BCUT2D eigenvalue weighted by atomic mass is 35.5. The molecule has 0 aliphatic carbocycles. The summed E-state index contributed by atoms with van der Waals surface area (Å²) >= 11 is 17.7. The van der Waals surface area contributed by atoms with Crippen LogP contribution in [-0.2, 0) is 9.59 Å². The van der Waals surface area contributed by atoms with Crippen LogP contribution in [0.2, 0.25) is 15.1 Å². The Bertz CT molecular complexity index is 1060. The zero-order chi connectivity index (χ0) is 25.2. The second-order valence-electron chi connectivity index (χ2n) is 8.62. The predicted octanol–water partition coefficient (Wildman–Crippen LogP) is 6.44. The highest BCUT2D eigenvalue weighted by molar-refractivity contribution is 6.42. The summed E-state index contributed by atoms with van der Waals surface area (Å²) in [4.78, 5) is 26.9. The quantitative estimate of drug-likeness (QED) is 0.269. The van der Waals surface area contributed by atoms with Crippen molar-refractivity contribution in [3.8, 4) is 0 Å². The van der Waals surface area contributed by atoms with Gasteiger partial charge in [-0.2, -0.15) is 0 Å². The van der Waals surface area contributed by atoms with E-state index in [1.165, 1.54) is 24.3 Å². The van der Waals surface area contributed by atoms with Gasteiger partial charge in [-0.15, -0.1) is 0 Å². The number of amides is 2. The van der Waals surface area contributed by atoms with Gasteiger partial charge in [-0.3, -0.25) is 9.59 Å². The summed E-state index contributed by atoms with van der Waals surface area (Å²) in [7, 11) is 0. The van der Waals surface area contributed by atoms with E-state index in [2.05, 4.69) is 15.5 Å². The van der Waals surface area contributed by atoms with Crippen molar-refractivity contribution in [2.24, 2.45) is 5.92 Å². The van der Waals surface area contributed by atoms with Gasteiger partial charge in [-0.05, 0) is 80.7 Å². The molecule has 0 saturated carbocycles. The predicted molar refractivity (Wildman–Crippen MR) is 142 cm³/mol. The lowest BCUT2D eigenvalue weighted by atomic mass is 9.96. The number of rotatable bonds is 10. The molecule has 1 unspecified atom stereocenters. The Morgan fingerprint density at radius 2 is 1.86 bits per heavy atom. The molecule has 35 heavy (non-hydrogen) atoms. The first-order valence-corrected chi connectivity index (χ1v) is 12.8. The summed E-state index contributed by atoms with van der Waals surface area (Å²) in [6, 6.07) is 9.39. The number of benzene rings is 2. The number of unbranched alkanes of at least 4 members (excludes halogenated alkanes) is 2. The highest BCUT2D eigenvalue weighted by Gasteiger charge is 2.25. The molecule has 1 aliphatic heterocycles.